The van der Waals surface area contributed by atoms with Gasteiger partial charge in [-0.15, -0.1) is 0 Å². The molecule has 27 heavy (non-hydrogen) atoms. The summed E-state index contributed by atoms with van der Waals surface area (Å²) in [5.41, 5.74) is 1.18. The van der Waals surface area contributed by atoms with Crippen molar-refractivity contribution in [1.29, 1.82) is 0 Å². The van der Waals surface area contributed by atoms with E-state index in [0.29, 0.717) is 27.5 Å². The Kier molecular flexibility index (Phi) is 5.97. The lowest BCUT2D eigenvalue weighted by atomic mass is 10.2. The van der Waals surface area contributed by atoms with E-state index in [1.54, 1.807) is 37.4 Å². The van der Waals surface area contributed by atoms with Crippen LogP contribution in [0.3, 0.4) is 0 Å². The van der Waals surface area contributed by atoms with Gasteiger partial charge in [-0.25, -0.2) is 4.98 Å². The van der Waals surface area contributed by atoms with Crippen molar-refractivity contribution >= 4 is 44.6 Å². The molecule has 0 spiro atoms. The van der Waals surface area contributed by atoms with E-state index in [2.05, 4.69) is 32.9 Å². The van der Waals surface area contributed by atoms with Gasteiger partial charge in [-0.1, -0.05) is 34.5 Å². The third kappa shape index (κ3) is 4.39. The number of aryl methyl sites for hydroxylation is 1. The second-order valence-corrected chi connectivity index (χ2v) is 7.53. The van der Waals surface area contributed by atoms with E-state index in [1.165, 1.54) is 4.68 Å². The molecule has 140 valence electrons. The SMILES string of the molecule is CC[C@@H](C)Oc1ccc(C=Nn2c(C)nc3ccc(Br)cc3c2=O)cc1Cl. The molecule has 0 N–H and O–H groups in total. The first-order chi connectivity index (χ1) is 12.9. The van der Waals surface area contributed by atoms with Gasteiger partial charge in [0.2, 0.25) is 0 Å². The largest absolute Gasteiger partial charge is 0.489 e. The summed E-state index contributed by atoms with van der Waals surface area (Å²) in [6, 6.07) is 10.8. The molecule has 0 saturated heterocycles. The number of aromatic nitrogens is 2. The number of ether oxygens (including phenoxy) is 1. The van der Waals surface area contributed by atoms with Crippen molar-refractivity contribution in [3.63, 3.8) is 0 Å². The molecule has 0 amide bonds. The van der Waals surface area contributed by atoms with Gasteiger partial charge >= 0.3 is 0 Å². The monoisotopic (exact) mass is 447 g/mol. The number of rotatable bonds is 5. The normalized spacial score (nSPS) is 12.6. The van der Waals surface area contributed by atoms with Crippen molar-refractivity contribution in [3.8, 4) is 5.75 Å². The third-order valence-electron chi connectivity index (χ3n) is 4.15. The fourth-order valence-electron chi connectivity index (χ4n) is 2.51. The highest BCUT2D eigenvalue weighted by Gasteiger charge is 2.09. The molecule has 0 radical (unpaired) electrons. The number of hydrogen-bond donors (Lipinski definition) is 0. The lowest BCUT2D eigenvalue weighted by Gasteiger charge is -2.13. The minimum atomic E-state index is -0.224. The molecule has 0 aliphatic heterocycles. The van der Waals surface area contributed by atoms with Crippen molar-refractivity contribution in [2.24, 2.45) is 5.10 Å². The molecule has 1 heterocycles. The Labute approximate surface area is 170 Å². The quantitative estimate of drug-likeness (QED) is 0.505. The molecule has 1 aromatic heterocycles. The number of benzene rings is 2. The molecule has 0 aliphatic carbocycles. The van der Waals surface area contributed by atoms with Crippen LogP contribution in [0.5, 0.6) is 5.75 Å². The zero-order valence-corrected chi connectivity index (χ0v) is 17.6. The Morgan fingerprint density at radius 2 is 2.11 bits per heavy atom. The standard InChI is InChI=1S/C20H19BrClN3O2/c1-4-12(2)27-19-8-5-14(9-17(19)22)11-23-25-13(3)24-18-7-6-15(21)10-16(18)20(25)26/h5-12H,4H2,1-3H3/t12-/m1/s1. The maximum absolute atomic E-state index is 12.7. The van der Waals surface area contributed by atoms with E-state index in [4.69, 9.17) is 16.3 Å². The van der Waals surface area contributed by atoms with E-state index < -0.39 is 0 Å². The van der Waals surface area contributed by atoms with Crippen molar-refractivity contribution in [2.45, 2.75) is 33.3 Å². The Balaban J connectivity index is 1.94. The van der Waals surface area contributed by atoms with Crippen LogP contribution in [-0.4, -0.2) is 22.0 Å². The molecule has 7 heteroatoms. The van der Waals surface area contributed by atoms with Gasteiger partial charge in [-0.05, 0) is 62.2 Å². The lowest BCUT2D eigenvalue weighted by molar-refractivity contribution is 0.217. The number of hydrogen-bond acceptors (Lipinski definition) is 4. The Hall–Kier alpha value is -2.18. The Morgan fingerprint density at radius 3 is 2.81 bits per heavy atom. The van der Waals surface area contributed by atoms with Gasteiger partial charge in [-0.3, -0.25) is 4.79 Å². The number of fused-ring (bicyclic) bond motifs is 1. The van der Waals surface area contributed by atoms with Gasteiger partial charge in [0.1, 0.15) is 11.6 Å². The van der Waals surface area contributed by atoms with Crippen LogP contribution in [0.1, 0.15) is 31.7 Å². The molecular formula is C20H19BrClN3O2. The zero-order valence-electron chi connectivity index (χ0n) is 15.2. The topological polar surface area (TPSA) is 56.5 Å². The van der Waals surface area contributed by atoms with Crippen molar-refractivity contribution < 1.29 is 4.74 Å². The van der Waals surface area contributed by atoms with E-state index in [-0.39, 0.29) is 11.7 Å². The summed E-state index contributed by atoms with van der Waals surface area (Å²) in [7, 11) is 0. The minimum absolute atomic E-state index is 0.0891. The summed E-state index contributed by atoms with van der Waals surface area (Å²) in [6.07, 6.45) is 2.57. The van der Waals surface area contributed by atoms with Gasteiger partial charge < -0.3 is 4.74 Å². The van der Waals surface area contributed by atoms with Crippen LogP contribution in [0, 0.1) is 6.92 Å². The molecule has 3 aromatic rings. The van der Waals surface area contributed by atoms with Crippen LogP contribution in [0.15, 0.2) is 50.8 Å². The molecule has 3 rings (SSSR count). The van der Waals surface area contributed by atoms with Gasteiger partial charge in [0, 0.05) is 4.47 Å². The molecular weight excluding hydrogens is 430 g/mol. The highest BCUT2D eigenvalue weighted by Crippen LogP contribution is 2.26. The summed E-state index contributed by atoms with van der Waals surface area (Å²) in [6.45, 7) is 5.79. The van der Waals surface area contributed by atoms with Crippen LogP contribution in [0.4, 0.5) is 0 Å². The summed E-state index contributed by atoms with van der Waals surface area (Å²) < 4.78 is 7.86. The second kappa shape index (κ2) is 8.23. The average molecular weight is 449 g/mol. The van der Waals surface area contributed by atoms with E-state index in [1.807, 2.05) is 19.1 Å². The predicted octanol–water partition coefficient (Wildman–Crippen LogP) is 5.18. The first kappa shape index (κ1) is 19.6. The van der Waals surface area contributed by atoms with Crippen LogP contribution < -0.4 is 10.3 Å². The molecule has 0 aliphatic rings. The average Bonchev–Trinajstić information content (AvgIpc) is 2.64. The maximum atomic E-state index is 12.7. The van der Waals surface area contributed by atoms with Crippen LogP contribution in [0.25, 0.3) is 10.9 Å². The second-order valence-electron chi connectivity index (χ2n) is 6.21. The summed E-state index contributed by atoms with van der Waals surface area (Å²) in [5, 5.41) is 5.31. The Morgan fingerprint density at radius 1 is 1.33 bits per heavy atom. The molecule has 0 saturated carbocycles. The summed E-state index contributed by atoms with van der Waals surface area (Å²) in [4.78, 5) is 17.2. The number of halogens is 2. The summed E-state index contributed by atoms with van der Waals surface area (Å²) >= 11 is 9.68. The number of nitrogens with zero attached hydrogens (tertiary/aromatic N) is 3. The first-order valence-corrected chi connectivity index (χ1v) is 9.75. The molecule has 2 aromatic carbocycles. The van der Waals surface area contributed by atoms with Crippen molar-refractivity contribution in [3.05, 3.63) is 67.6 Å². The molecule has 0 bridgehead atoms. The van der Waals surface area contributed by atoms with Gasteiger partial charge in [0.25, 0.3) is 5.56 Å². The highest BCUT2D eigenvalue weighted by molar-refractivity contribution is 9.10. The van der Waals surface area contributed by atoms with Gasteiger partial charge in [0.05, 0.1) is 28.2 Å². The molecule has 5 nitrogen and oxygen atoms in total. The van der Waals surface area contributed by atoms with E-state index >= 15 is 0 Å². The van der Waals surface area contributed by atoms with E-state index in [0.717, 1.165) is 16.5 Å². The maximum Gasteiger partial charge on any atom is 0.282 e. The molecule has 0 fully saturated rings. The molecule has 0 unspecified atom stereocenters. The van der Waals surface area contributed by atoms with Crippen LogP contribution in [0.2, 0.25) is 5.02 Å². The smallest absolute Gasteiger partial charge is 0.282 e. The van der Waals surface area contributed by atoms with Crippen LogP contribution >= 0.6 is 27.5 Å². The van der Waals surface area contributed by atoms with Crippen LogP contribution in [-0.2, 0) is 0 Å². The predicted molar refractivity (Wildman–Crippen MR) is 113 cm³/mol. The van der Waals surface area contributed by atoms with E-state index in [9.17, 15) is 4.79 Å². The fourth-order valence-corrected chi connectivity index (χ4v) is 3.11. The zero-order chi connectivity index (χ0) is 19.6. The van der Waals surface area contributed by atoms with Gasteiger partial charge in [0.15, 0.2) is 0 Å². The van der Waals surface area contributed by atoms with Gasteiger partial charge in [-0.2, -0.15) is 9.78 Å². The highest BCUT2D eigenvalue weighted by atomic mass is 79.9. The van der Waals surface area contributed by atoms with Crippen molar-refractivity contribution in [1.82, 2.24) is 9.66 Å². The Bertz CT molecular complexity index is 1080. The molecule has 1 atom stereocenters. The lowest BCUT2D eigenvalue weighted by Crippen LogP contribution is -2.20. The third-order valence-corrected chi connectivity index (χ3v) is 4.94. The first-order valence-electron chi connectivity index (χ1n) is 8.58. The van der Waals surface area contributed by atoms with Crippen molar-refractivity contribution in [2.75, 3.05) is 0 Å². The summed E-state index contributed by atoms with van der Waals surface area (Å²) in [5.74, 6) is 1.14. The minimum Gasteiger partial charge on any atom is -0.489 e. The fraction of sp³-hybridized carbons (Fsp3) is 0.250.